The molecule has 2 unspecified atom stereocenters. The Hall–Kier alpha value is -1.37. The van der Waals surface area contributed by atoms with Crippen LogP contribution >= 0.6 is 0 Å². The highest BCUT2D eigenvalue weighted by atomic mass is 16.5. The molecule has 1 aromatic carbocycles. The molecule has 0 radical (unpaired) electrons. The third kappa shape index (κ3) is 4.05. The van der Waals surface area contributed by atoms with Crippen LogP contribution in [0.5, 0.6) is 0 Å². The van der Waals surface area contributed by atoms with Crippen LogP contribution in [0.1, 0.15) is 44.4 Å². The lowest BCUT2D eigenvalue weighted by molar-refractivity contribution is -0.0552. The summed E-state index contributed by atoms with van der Waals surface area (Å²) in [5.41, 5.74) is 2.05. The van der Waals surface area contributed by atoms with Crippen LogP contribution in [-0.4, -0.2) is 19.2 Å². The van der Waals surface area contributed by atoms with E-state index in [1.165, 1.54) is 0 Å². The molecule has 0 aliphatic carbocycles. The zero-order valence-corrected chi connectivity index (χ0v) is 11.9. The molecule has 19 heavy (non-hydrogen) atoms. The van der Waals surface area contributed by atoms with Gasteiger partial charge in [-0.05, 0) is 29.5 Å². The maximum atomic E-state index is 8.96. The standard InChI is InChI=1S/C16H22N2O/c1-16(2,3)8-14-10-18-11-15(19-14)13-6-4-5-12(7-13)9-17/h4-7,14-15,18H,8,10-11H2,1-3H3. The summed E-state index contributed by atoms with van der Waals surface area (Å²) in [6, 6.07) is 9.88. The molecule has 1 aromatic rings. The lowest BCUT2D eigenvalue weighted by Gasteiger charge is -2.34. The van der Waals surface area contributed by atoms with Crippen molar-refractivity contribution in [2.75, 3.05) is 13.1 Å². The largest absolute Gasteiger partial charge is 0.368 e. The third-order valence-corrected chi connectivity index (χ3v) is 3.29. The molecule has 1 saturated heterocycles. The Morgan fingerprint density at radius 1 is 1.37 bits per heavy atom. The van der Waals surface area contributed by atoms with Crippen LogP contribution in [-0.2, 0) is 4.74 Å². The van der Waals surface area contributed by atoms with E-state index >= 15 is 0 Å². The lowest BCUT2D eigenvalue weighted by Crippen LogP contribution is -2.42. The Morgan fingerprint density at radius 2 is 2.16 bits per heavy atom. The Labute approximate surface area is 115 Å². The molecule has 1 N–H and O–H groups in total. The topological polar surface area (TPSA) is 45.0 Å². The lowest BCUT2D eigenvalue weighted by atomic mass is 9.88. The van der Waals surface area contributed by atoms with Gasteiger partial charge in [0.15, 0.2) is 0 Å². The van der Waals surface area contributed by atoms with Crippen molar-refractivity contribution in [2.45, 2.75) is 39.4 Å². The third-order valence-electron chi connectivity index (χ3n) is 3.29. The molecule has 1 fully saturated rings. The molecule has 2 rings (SSSR count). The van der Waals surface area contributed by atoms with Crippen LogP contribution in [0.2, 0.25) is 0 Å². The average molecular weight is 258 g/mol. The molecular weight excluding hydrogens is 236 g/mol. The Bertz CT molecular complexity index is 470. The van der Waals surface area contributed by atoms with E-state index < -0.39 is 0 Å². The van der Waals surface area contributed by atoms with Crippen LogP contribution in [0.25, 0.3) is 0 Å². The predicted octanol–water partition coefficient (Wildman–Crippen LogP) is 3.02. The minimum Gasteiger partial charge on any atom is -0.368 e. The van der Waals surface area contributed by atoms with Gasteiger partial charge >= 0.3 is 0 Å². The van der Waals surface area contributed by atoms with Crippen molar-refractivity contribution >= 4 is 0 Å². The van der Waals surface area contributed by atoms with Crippen molar-refractivity contribution in [3.8, 4) is 6.07 Å². The van der Waals surface area contributed by atoms with Gasteiger partial charge in [-0.15, -0.1) is 0 Å². The van der Waals surface area contributed by atoms with Gasteiger partial charge < -0.3 is 10.1 Å². The van der Waals surface area contributed by atoms with E-state index in [1.807, 2.05) is 24.3 Å². The summed E-state index contributed by atoms with van der Waals surface area (Å²) < 4.78 is 6.18. The molecule has 102 valence electrons. The van der Waals surface area contributed by atoms with E-state index in [9.17, 15) is 0 Å². The fourth-order valence-corrected chi connectivity index (χ4v) is 2.51. The first-order valence-electron chi connectivity index (χ1n) is 6.84. The van der Waals surface area contributed by atoms with Crippen molar-refractivity contribution in [3.05, 3.63) is 35.4 Å². The van der Waals surface area contributed by atoms with E-state index in [2.05, 4.69) is 32.2 Å². The first-order chi connectivity index (χ1) is 8.98. The van der Waals surface area contributed by atoms with Crippen molar-refractivity contribution in [2.24, 2.45) is 5.41 Å². The summed E-state index contributed by atoms with van der Waals surface area (Å²) in [5, 5.41) is 12.4. The van der Waals surface area contributed by atoms with Crippen molar-refractivity contribution in [1.29, 1.82) is 5.26 Å². The maximum absolute atomic E-state index is 8.96. The minimum atomic E-state index is 0.0504. The maximum Gasteiger partial charge on any atom is 0.0991 e. The molecule has 0 aromatic heterocycles. The molecule has 0 spiro atoms. The van der Waals surface area contributed by atoms with E-state index in [1.54, 1.807) is 0 Å². The summed E-state index contributed by atoms with van der Waals surface area (Å²) in [6.45, 7) is 8.42. The van der Waals surface area contributed by atoms with Gasteiger partial charge in [0, 0.05) is 13.1 Å². The van der Waals surface area contributed by atoms with Gasteiger partial charge in [0.2, 0.25) is 0 Å². The molecule has 1 aliphatic rings. The van der Waals surface area contributed by atoms with E-state index in [0.29, 0.717) is 5.56 Å². The highest BCUT2D eigenvalue weighted by Gasteiger charge is 2.27. The van der Waals surface area contributed by atoms with Crippen molar-refractivity contribution < 1.29 is 4.74 Å². The molecule has 0 amide bonds. The van der Waals surface area contributed by atoms with Gasteiger partial charge in [-0.25, -0.2) is 0 Å². The predicted molar refractivity (Wildman–Crippen MR) is 75.7 cm³/mol. The number of rotatable bonds is 2. The highest BCUT2D eigenvalue weighted by molar-refractivity contribution is 5.34. The van der Waals surface area contributed by atoms with Gasteiger partial charge in [-0.3, -0.25) is 0 Å². The number of morpholine rings is 1. The number of benzene rings is 1. The second-order valence-corrected chi connectivity index (χ2v) is 6.41. The van der Waals surface area contributed by atoms with Crippen molar-refractivity contribution in [1.82, 2.24) is 5.32 Å². The quantitative estimate of drug-likeness (QED) is 0.887. The zero-order valence-electron chi connectivity index (χ0n) is 11.9. The highest BCUT2D eigenvalue weighted by Crippen LogP contribution is 2.28. The van der Waals surface area contributed by atoms with Crippen LogP contribution in [0.15, 0.2) is 24.3 Å². The summed E-state index contributed by atoms with van der Waals surface area (Å²) >= 11 is 0. The summed E-state index contributed by atoms with van der Waals surface area (Å²) in [5.74, 6) is 0. The molecule has 1 aliphatic heterocycles. The number of ether oxygens (including phenoxy) is 1. The van der Waals surface area contributed by atoms with Crippen LogP contribution < -0.4 is 5.32 Å². The number of nitrogens with one attached hydrogen (secondary N) is 1. The Balaban J connectivity index is 2.06. The second-order valence-electron chi connectivity index (χ2n) is 6.41. The number of nitriles is 1. The molecule has 3 heteroatoms. The Kier molecular flexibility index (Phi) is 4.24. The summed E-state index contributed by atoms with van der Waals surface area (Å²) in [4.78, 5) is 0. The SMILES string of the molecule is CC(C)(C)CC1CNCC(c2cccc(C#N)c2)O1. The molecule has 2 atom stereocenters. The van der Waals surface area contributed by atoms with Gasteiger partial charge in [-0.2, -0.15) is 5.26 Å². The van der Waals surface area contributed by atoms with Gasteiger partial charge in [0.05, 0.1) is 23.8 Å². The van der Waals surface area contributed by atoms with Crippen LogP contribution in [0.4, 0.5) is 0 Å². The monoisotopic (exact) mass is 258 g/mol. The Morgan fingerprint density at radius 3 is 2.84 bits per heavy atom. The molecule has 3 nitrogen and oxygen atoms in total. The molecule has 0 saturated carbocycles. The van der Waals surface area contributed by atoms with Gasteiger partial charge in [-0.1, -0.05) is 32.9 Å². The fourth-order valence-electron chi connectivity index (χ4n) is 2.51. The van der Waals surface area contributed by atoms with Gasteiger partial charge in [0.1, 0.15) is 0 Å². The van der Waals surface area contributed by atoms with Crippen molar-refractivity contribution in [3.63, 3.8) is 0 Å². The second kappa shape index (κ2) is 5.73. The van der Waals surface area contributed by atoms with E-state index in [4.69, 9.17) is 10.00 Å². The normalized spacial score (nSPS) is 23.9. The summed E-state index contributed by atoms with van der Waals surface area (Å²) in [6.07, 6.45) is 1.33. The summed E-state index contributed by atoms with van der Waals surface area (Å²) in [7, 11) is 0. The van der Waals surface area contributed by atoms with Crippen LogP contribution in [0, 0.1) is 16.7 Å². The van der Waals surface area contributed by atoms with E-state index in [0.717, 1.165) is 25.1 Å². The average Bonchev–Trinajstić information content (AvgIpc) is 2.37. The van der Waals surface area contributed by atoms with E-state index in [-0.39, 0.29) is 17.6 Å². The molecule has 1 heterocycles. The first kappa shape index (κ1) is 14.0. The number of hydrogen-bond donors (Lipinski definition) is 1. The fraction of sp³-hybridized carbons (Fsp3) is 0.562. The number of hydrogen-bond acceptors (Lipinski definition) is 3. The zero-order chi connectivity index (χ0) is 13.9. The first-order valence-corrected chi connectivity index (χ1v) is 6.84. The van der Waals surface area contributed by atoms with Gasteiger partial charge in [0.25, 0.3) is 0 Å². The minimum absolute atomic E-state index is 0.0504. The smallest absolute Gasteiger partial charge is 0.0991 e. The molecule has 0 bridgehead atoms. The number of nitrogens with zero attached hydrogens (tertiary/aromatic N) is 1. The molecular formula is C16H22N2O. The van der Waals surface area contributed by atoms with Crippen LogP contribution in [0.3, 0.4) is 0 Å².